The van der Waals surface area contributed by atoms with Crippen molar-refractivity contribution in [3.8, 4) is 11.5 Å². The van der Waals surface area contributed by atoms with E-state index in [-0.39, 0.29) is 23.9 Å². The van der Waals surface area contributed by atoms with Crippen LogP contribution < -0.4 is 20.1 Å². The summed E-state index contributed by atoms with van der Waals surface area (Å²) in [4.78, 5) is 38.1. The molecule has 0 aliphatic heterocycles. The van der Waals surface area contributed by atoms with Crippen LogP contribution >= 0.6 is 23.2 Å². The smallest absolute Gasteiger partial charge is 0.262 e. The van der Waals surface area contributed by atoms with E-state index in [2.05, 4.69) is 10.6 Å². The van der Waals surface area contributed by atoms with E-state index >= 15 is 0 Å². The van der Waals surface area contributed by atoms with Gasteiger partial charge in [0, 0.05) is 27.4 Å². The number of halogens is 2. The van der Waals surface area contributed by atoms with Crippen LogP contribution in [0.3, 0.4) is 0 Å². The van der Waals surface area contributed by atoms with Crippen LogP contribution in [0.4, 0.5) is 11.4 Å². The van der Waals surface area contributed by atoms with Crippen molar-refractivity contribution in [3.63, 3.8) is 0 Å². The molecule has 0 heterocycles. The first kappa shape index (κ1) is 26.7. The van der Waals surface area contributed by atoms with Crippen LogP contribution in [0.2, 0.25) is 10.0 Å². The van der Waals surface area contributed by atoms with Gasteiger partial charge in [-0.1, -0.05) is 53.5 Å². The minimum atomic E-state index is -0.465. The first-order chi connectivity index (χ1) is 18.3. The molecule has 0 aromatic heterocycles. The average Bonchev–Trinajstić information content (AvgIpc) is 2.93. The van der Waals surface area contributed by atoms with Gasteiger partial charge in [0.2, 0.25) is 0 Å². The number of anilines is 2. The van der Waals surface area contributed by atoms with E-state index in [9.17, 15) is 14.4 Å². The van der Waals surface area contributed by atoms with Gasteiger partial charge >= 0.3 is 0 Å². The van der Waals surface area contributed by atoms with Crippen LogP contribution in [-0.4, -0.2) is 31.3 Å². The number of carbonyl (C=O) groups is 3. The van der Waals surface area contributed by atoms with Crippen LogP contribution in [0.25, 0.3) is 0 Å². The van der Waals surface area contributed by atoms with Gasteiger partial charge in [0.05, 0.1) is 17.8 Å². The van der Waals surface area contributed by atoms with Crippen LogP contribution in [0, 0.1) is 0 Å². The van der Waals surface area contributed by atoms with E-state index in [4.69, 9.17) is 32.7 Å². The Bertz CT molecular complexity index is 1470. The predicted molar refractivity (Wildman–Crippen MR) is 148 cm³/mol. The van der Waals surface area contributed by atoms with E-state index in [1.54, 1.807) is 78.9 Å². The van der Waals surface area contributed by atoms with Crippen molar-refractivity contribution in [2.45, 2.75) is 0 Å². The number of hydrogen-bond acceptors (Lipinski definition) is 5. The van der Waals surface area contributed by atoms with Gasteiger partial charge in [-0.15, -0.1) is 0 Å². The molecule has 4 aromatic carbocycles. The zero-order valence-electron chi connectivity index (χ0n) is 20.2. The molecule has 0 spiro atoms. The summed E-state index contributed by atoms with van der Waals surface area (Å²) in [6, 6.07) is 24.6. The van der Waals surface area contributed by atoms with Crippen LogP contribution in [0.15, 0.2) is 91.0 Å². The Kier molecular flexibility index (Phi) is 8.63. The summed E-state index contributed by atoms with van der Waals surface area (Å²) in [7, 11) is 1.51. The van der Waals surface area contributed by atoms with Crippen molar-refractivity contribution in [2.75, 3.05) is 24.4 Å². The van der Waals surface area contributed by atoms with Crippen molar-refractivity contribution >= 4 is 52.2 Å². The molecular formula is C29H22Cl2N2O5. The molecule has 0 atom stereocenters. The molecule has 4 rings (SSSR count). The predicted octanol–water partition coefficient (Wildman–Crippen LogP) is 6.50. The van der Waals surface area contributed by atoms with Crippen molar-refractivity contribution in [3.05, 3.63) is 118 Å². The third-order valence-corrected chi connectivity index (χ3v) is 5.96. The fourth-order valence-electron chi connectivity index (χ4n) is 3.54. The molecule has 0 aliphatic rings. The van der Waals surface area contributed by atoms with Gasteiger partial charge < -0.3 is 20.1 Å². The van der Waals surface area contributed by atoms with Gasteiger partial charge in [0.1, 0.15) is 11.5 Å². The highest BCUT2D eigenvalue weighted by Crippen LogP contribution is 2.28. The van der Waals surface area contributed by atoms with E-state index in [0.29, 0.717) is 44.0 Å². The average molecular weight is 549 g/mol. The number of ketones is 1. The molecule has 0 aliphatic carbocycles. The van der Waals surface area contributed by atoms with E-state index in [1.165, 1.54) is 13.2 Å². The van der Waals surface area contributed by atoms with Gasteiger partial charge in [0.25, 0.3) is 11.8 Å². The molecule has 0 saturated heterocycles. The maximum absolute atomic E-state index is 12.9. The molecule has 0 radical (unpaired) electrons. The molecule has 0 bridgehead atoms. The molecule has 4 aromatic rings. The maximum atomic E-state index is 12.9. The largest absolute Gasteiger partial charge is 0.495 e. The van der Waals surface area contributed by atoms with Crippen molar-refractivity contribution < 1.29 is 23.9 Å². The van der Waals surface area contributed by atoms with Crippen LogP contribution in [0.1, 0.15) is 26.3 Å². The Hall–Kier alpha value is -4.33. The molecule has 0 saturated carbocycles. The number of methoxy groups -OCH3 is 1. The summed E-state index contributed by atoms with van der Waals surface area (Å²) >= 11 is 12.2. The zero-order valence-corrected chi connectivity index (χ0v) is 21.7. The minimum Gasteiger partial charge on any atom is -0.495 e. The quantitative estimate of drug-likeness (QED) is 0.233. The number of benzene rings is 4. The fourth-order valence-corrected chi connectivity index (χ4v) is 3.97. The Morgan fingerprint density at radius 1 is 0.789 bits per heavy atom. The molecule has 0 fully saturated rings. The SMILES string of the molecule is COc1ccc(NC(=O)c2ccc(OCC(=O)Nc3ccc(Cl)cc3C(=O)c3ccccc3)cc2)cc1Cl. The molecule has 192 valence electrons. The second kappa shape index (κ2) is 12.3. The highest BCUT2D eigenvalue weighted by Gasteiger charge is 2.16. The number of ether oxygens (including phenoxy) is 2. The van der Waals surface area contributed by atoms with Gasteiger partial charge in [-0.05, 0) is 60.7 Å². The number of carbonyl (C=O) groups excluding carboxylic acids is 3. The first-order valence-electron chi connectivity index (χ1n) is 11.4. The van der Waals surface area contributed by atoms with Gasteiger partial charge in [-0.3, -0.25) is 14.4 Å². The van der Waals surface area contributed by atoms with Gasteiger partial charge in [-0.2, -0.15) is 0 Å². The van der Waals surface area contributed by atoms with Crippen molar-refractivity contribution in [2.24, 2.45) is 0 Å². The Labute approximate surface area is 229 Å². The Morgan fingerprint density at radius 2 is 1.53 bits per heavy atom. The highest BCUT2D eigenvalue weighted by molar-refractivity contribution is 6.32. The Balaban J connectivity index is 1.35. The number of nitrogens with one attached hydrogen (secondary N) is 2. The second-order valence-corrected chi connectivity index (χ2v) is 8.89. The minimum absolute atomic E-state index is 0.268. The lowest BCUT2D eigenvalue weighted by Gasteiger charge is -2.12. The van der Waals surface area contributed by atoms with Gasteiger partial charge in [0.15, 0.2) is 12.4 Å². The van der Waals surface area contributed by atoms with E-state index < -0.39 is 5.91 Å². The fraction of sp³-hybridized carbons (Fsp3) is 0.0690. The lowest BCUT2D eigenvalue weighted by Crippen LogP contribution is -2.21. The summed E-state index contributed by atoms with van der Waals surface area (Å²) in [6.45, 7) is -0.308. The molecule has 2 amide bonds. The normalized spacial score (nSPS) is 10.4. The summed E-state index contributed by atoms with van der Waals surface area (Å²) in [5.74, 6) is -0.178. The summed E-state index contributed by atoms with van der Waals surface area (Å²) in [6.07, 6.45) is 0. The topological polar surface area (TPSA) is 93.7 Å². The molecular weight excluding hydrogens is 527 g/mol. The van der Waals surface area contributed by atoms with Crippen molar-refractivity contribution in [1.82, 2.24) is 0 Å². The lowest BCUT2D eigenvalue weighted by atomic mass is 10.0. The first-order valence-corrected chi connectivity index (χ1v) is 12.2. The number of hydrogen-bond donors (Lipinski definition) is 2. The van der Waals surface area contributed by atoms with E-state index in [0.717, 1.165) is 0 Å². The molecule has 38 heavy (non-hydrogen) atoms. The lowest BCUT2D eigenvalue weighted by molar-refractivity contribution is -0.118. The third-order valence-electron chi connectivity index (χ3n) is 5.43. The second-order valence-electron chi connectivity index (χ2n) is 8.05. The maximum Gasteiger partial charge on any atom is 0.262 e. The van der Waals surface area contributed by atoms with Crippen molar-refractivity contribution in [1.29, 1.82) is 0 Å². The van der Waals surface area contributed by atoms with Crippen LogP contribution in [-0.2, 0) is 4.79 Å². The van der Waals surface area contributed by atoms with Gasteiger partial charge in [-0.25, -0.2) is 0 Å². The van der Waals surface area contributed by atoms with E-state index in [1.807, 2.05) is 6.07 Å². The third kappa shape index (κ3) is 6.70. The number of rotatable bonds is 9. The number of amides is 2. The molecule has 7 nitrogen and oxygen atoms in total. The molecule has 0 unspecified atom stereocenters. The standard InChI is InChI=1S/C29H22Cl2N2O5/c1-37-26-14-10-21(16-24(26)31)32-29(36)19-7-11-22(12-8-19)38-17-27(34)33-25-13-9-20(30)15-23(25)28(35)18-5-3-2-4-6-18/h2-16H,17H2,1H3,(H,32,36)(H,33,34). The molecule has 2 N–H and O–H groups in total. The highest BCUT2D eigenvalue weighted by atomic mass is 35.5. The summed E-state index contributed by atoms with van der Waals surface area (Å²) < 4.78 is 10.7. The zero-order chi connectivity index (χ0) is 27.1. The summed E-state index contributed by atoms with van der Waals surface area (Å²) in [5, 5.41) is 6.21. The van der Waals surface area contributed by atoms with Crippen LogP contribution in [0.5, 0.6) is 11.5 Å². The Morgan fingerprint density at radius 3 is 2.21 bits per heavy atom. The monoisotopic (exact) mass is 548 g/mol. The molecule has 9 heteroatoms. The summed E-state index contributed by atoms with van der Waals surface area (Å²) in [5.41, 5.74) is 1.97.